The van der Waals surface area contributed by atoms with E-state index in [0.29, 0.717) is 21.6 Å². The van der Waals surface area contributed by atoms with Gasteiger partial charge in [0.05, 0.1) is 0 Å². The summed E-state index contributed by atoms with van der Waals surface area (Å²) in [5.41, 5.74) is 3.41. The highest BCUT2D eigenvalue weighted by Crippen LogP contribution is 2.25. The number of rotatable bonds is 3. The van der Waals surface area contributed by atoms with Crippen molar-refractivity contribution < 1.29 is 4.79 Å². The number of nitrogens with one attached hydrogen (secondary N) is 2. The fourth-order valence-electron chi connectivity index (χ4n) is 2.37. The van der Waals surface area contributed by atoms with Gasteiger partial charge in [0.1, 0.15) is 5.82 Å². The number of hydrogen-bond donors (Lipinski definition) is 2. The molecule has 1 heterocycles. The smallest absolute Gasteiger partial charge is 0.258 e. The molecule has 0 unspecified atom stereocenters. The van der Waals surface area contributed by atoms with Crippen LogP contribution in [0.2, 0.25) is 5.02 Å². The molecule has 3 rings (SSSR count). The minimum Gasteiger partial charge on any atom is -0.298 e. The Bertz CT molecular complexity index is 972. The molecular weight excluding hydrogens is 378 g/mol. The molecule has 0 fully saturated rings. The van der Waals surface area contributed by atoms with Crippen LogP contribution in [0.25, 0.3) is 10.8 Å². The molecule has 0 aliphatic heterocycles. The summed E-state index contributed by atoms with van der Waals surface area (Å²) in [5, 5.41) is 13.6. The molecule has 25 heavy (non-hydrogen) atoms. The van der Waals surface area contributed by atoms with Crippen molar-refractivity contribution in [2.75, 3.05) is 11.7 Å². The number of aromatic nitrogens is 3. The van der Waals surface area contributed by atoms with Crippen molar-refractivity contribution in [3.05, 3.63) is 52.8 Å². The summed E-state index contributed by atoms with van der Waals surface area (Å²) in [6.45, 7) is 1.79. The molecule has 0 saturated heterocycles. The van der Waals surface area contributed by atoms with Crippen LogP contribution in [0.5, 0.6) is 0 Å². The van der Waals surface area contributed by atoms with Crippen molar-refractivity contribution >= 4 is 57.4 Å². The summed E-state index contributed by atoms with van der Waals surface area (Å²) < 4.78 is 1.62. The third-order valence-corrected chi connectivity index (χ3v) is 4.68. The SMILES string of the molecule is CSc1nnc(C)n1NC(=S)NC(=O)c1cccc2c(Cl)cccc12. The number of halogens is 1. The van der Waals surface area contributed by atoms with E-state index in [4.69, 9.17) is 23.8 Å². The summed E-state index contributed by atoms with van der Waals surface area (Å²) in [6.07, 6.45) is 1.88. The number of amides is 1. The number of nitrogens with zero attached hydrogens (tertiary/aromatic N) is 3. The lowest BCUT2D eigenvalue weighted by Gasteiger charge is -2.13. The second-order valence-electron chi connectivity index (χ2n) is 5.10. The average Bonchev–Trinajstić information content (AvgIpc) is 2.94. The fourth-order valence-corrected chi connectivity index (χ4v) is 3.28. The number of thioether (sulfide) groups is 1. The maximum absolute atomic E-state index is 12.6. The quantitative estimate of drug-likeness (QED) is 0.527. The third kappa shape index (κ3) is 3.60. The molecule has 1 aromatic heterocycles. The summed E-state index contributed by atoms with van der Waals surface area (Å²) in [7, 11) is 0. The van der Waals surface area contributed by atoms with Gasteiger partial charge in [-0.05, 0) is 42.9 Å². The molecule has 0 radical (unpaired) electrons. The summed E-state index contributed by atoms with van der Waals surface area (Å²) in [5.74, 6) is 0.319. The van der Waals surface area contributed by atoms with E-state index in [1.54, 1.807) is 29.8 Å². The largest absolute Gasteiger partial charge is 0.298 e. The number of thiocarbonyl (C=S) groups is 1. The molecule has 2 N–H and O–H groups in total. The molecule has 0 spiro atoms. The molecule has 9 heteroatoms. The van der Waals surface area contributed by atoms with E-state index in [1.807, 2.05) is 24.5 Å². The predicted molar refractivity (Wildman–Crippen MR) is 105 cm³/mol. The van der Waals surface area contributed by atoms with Crippen LogP contribution in [0, 0.1) is 6.92 Å². The Labute approximate surface area is 158 Å². The van der Waals surface area contributed by atoms with E-state index < -0.39 is 0 Å². The highest BCUT2D eigenvalue weighted by molar-refractivity contribution is 7.98. The number of aryl methyl sites for hydroxylation is 1. The van der Waals surface area contributed by atoms with Crippen LogP contribution in [0.3, 0.4) is 0 Å². The molecule has 1 amide bonds. The summed E-state index contributed by atoms with van der Waals surface area (Å²) in [6, 6.07) is 10.8. The van der Waals surface area contributed by atoms with Crippen LogP contribution >= 0.6 is 35.6 Å². The number of carbonyl (C=O) groups excluding carboxylic acids is 1. The van der Waals surface area contributed by atoms with Gasteiger partial charge in [-0.15, -0.1) is 10.2 Å². The van der Waals surface area contributed by atoms with Crippen molar-refractivity contribution in [1.82, 2.24) is 20.2 Å². The van der Waals surface area contributed by atoms with Gasteiger partial charge < -0.3 is 0 Å². The van der Waals surface area contributed by atoms with Crippen molar-refractivity contribution in [2.24, 2.45) is 0 Å². The predicted octanol–water partition coefficient (Wildman–Crippen LogP) is 3.37. The van der Waals surface area contributed by atoms with Crippen molar-refractivity contribution in [3.63, 3.8) is 0 Å². The fraction of sp³-hybridized carbons (Fsp3) is 0.125. The number of benzene rings is 2. The zero-order chi connectivity index (χ0) is 18.0. The molecule has 128 valence electrons. The molecule has 3 aromatic rings. The van der Waals surface area contributed by atoms with Gasteiger partial charge in [-0.25, -0.2) is 4.68 Å². The number of carbonyl (C=O) groups is 1. The Morgan fingerprint density at radius 2 is 1.92 bits per heavy atom. The first kappa shape index (κ1) is 17.7. The summed E-state index contributed by atoms with van der Waals surface area (Å²) >= 11 is 12.9. The molecule has 0 aliphatic carbocycles. The molecular formula is C16H14ClN5OS2. The van der Waals surface area contributed by atoms with Gasteiger partial charge in [-0.1, -0.05) is 47.6 Å². The third-order valence-electron chi connectivity index (χ3n) is 3.53. The lowest BCUT2D eigenvalue weighted by Crippen LogP contribution is -2.38. The van der Waals surface area contributed by atoms with Crippen LogP contribution in [-0.4, -0.2) is 32.1 Å². The van der Waals surface area contributed by atoms with Gasteiger partial charge in [-0.3, -0.25) is 15.5 Å². The maximum Gasteiger partial charge on any atom is 0.258 e. The topological polar surface area (TPSA) is 71.8 Å². The van der Waals surface area contributed by atoms with E-state index in [2.05, 4.69) is 20.9 Å². The van der Waals surface area contributed by atoms with E-state index in [0.717, 1.165) is 10.8 Å². The van der Waals surface area contributed by atoms with Crippen LogP contribution in [0.4, 0.5) is 0 Å². The van der Waals surface area contributed by atoms with E-state index in [-0.39, 0.29) is 11.0 Å². The molecule has 0 bridgehead atoms. The van der Waals surface area contributed by atoms with Gasteiger partial charge in [0.2, 0.25) is 5.16 Å². The Hall–Kier alpha value is -2.16. The first-order chi connectivity index (χ1) is 12.0. The Balaban J connectivity index is 1.82. The molecule has 2 aromatic carbocycles. The maximum atomic E-state index is 12.6. The minimum absolute atomic E-state index is 0.155. The number of hydrogen-bond acceptors (Lipinski definition) is 5. The lowest BCUT2D eigenvalue weighted by molar-refractivity contribution is 0.0979. The van der Waals surface area contributed by atoms with Crippen LogP contribution in [-0.2, 0) is 0 Å². The molecule has 6 nitrogen and oxygen atoms in total. The van der Waals surface area contributed by atoms with Gasteiger partial charge in [0.15, 0.2) is 5.11 Å². The second-order valence-corrected chi connectivity index (χ2v) is 6.69. The highest BCUT2D eigenvalue weighted by Gasteiger charge is 2.14. The average molecular weight is 392 g/mol. The van der Waals surface area contributed by atoms with Gasteiger partial charge in [0, 0.05) is 16.0 Å². The van der Waals surface area contributed by atoms with Crippen LogP contribution in [0.1, 0.15) is 16.2 Å². The molecule has 0 saturated carbocycles. The first-order valence-corrected chi connectivity index (χ1v) is 9.28. The lowest BCUT2D eigenvalue weighted by atomic mass is 10.0. The number of fused-ring (bicyclic) bond motifs is 1. The second kappa shape index (κ2) is 7.38. The zero-order valence-corrected chi connectivity index (χ0v) is 15.8. The summed E-state index contributed by atoms with van der Waals surface area (Å²) in [4.78, 5) is 12.6. The Morgan fingerprint density at radius 3 is 2.68 bits per heavy atom. The molecule has 0 atom stereocenters. The monoisotopic (exact) mass is 391 g/mol. The van der Waals surface area contributed by atoms with E-state index in [9.17, 15) is 4.79 Å². The van der Waals surface area contributed by atoms with Gasteiger partial charge >= 0.3 is 0 Å². The van der Waals surface area contributed by atoms with Crippen molar-refractivity contribution in [3.8, 4) is 0 Å². The van der Waals surface area contributed by atoms with Crippen molar-refractivity contribution in [1.29, 1.82) is 0 Å². The zero-order valence-electron chi connectivity index (χ0n) is 13.4. The Morgan fingerprint density at radius 1 is 1.20 bits per heavy atom. The van der Waals surface area contributed by atoms with Crippen LogP contribution in [0.15, 0.2) is 41.6 Å². The van der Waals surface area contributed by atoms with Gasteiger partial charge in [0.25, 0.3) is 5.91 Å². The molecule has 0 aliphatic rings. The van der Waals surface area contributed by atoms with E-state index >= 15 is 0 Å². The van der Waals surface area contributed by atoms with Crippen molar-refractivity contribution in [2.45, 2.75) is 12.1 Å². The Kier molecular flexibility index (Phi) is 5.22. The standard InChI is InChI=1S/C16H14ClN5OS2/c1-9-19-20-16(25-2)22(9)21-15(24)18-14(23)12-7-3-6-11-10(12)5-4-8-13(11)17/h3-8H,1-2H3,(H2,18,21,23,24). The van der Waals surface area contributed by atoms with Gasteiger partial charge in [-0.2, -0.15) is 0 Å². The normalized spacial score (nSPS) is 10.7. The highest BCUT2D eigenvalue weighted by atomic mass is 35.5. The van der Waals surface area contributed by atoms with Crippen LogP contribution < -0.4 is 10.7 Å². The minimum atomic E-state index is -0.318. The first-order valence-electron chi connectivity index (χ1n) is 7.27. The van der Waals surface area contributed by atoms with E-state index in [1.165, 1.54) is 11.8 Å².